The average molecular weight is 307 g/mol. The van der Waals surface area contributed by atoms with Crippen LogP contribution < -0.4 is 10.1 Å². The summed E-state index contributed by atoms with van der Waals surface area (Å²) in [6.45, 7) is -0.673. The standard InChI is InChI=1S/C12H12F3NO5/c1-20-11(19)9(6-17)16-10(18)7-2-4-8(5-3-7)21-12(13,14)15/h2-5,9,17H,6H2,1H3,(H,16,18)/t9-/m1/s1. The number of hydrogen-bond acceptors (Lipinski definition) is 5. The lowest BCUT2D eigenvalue weighted by Crippen LogP contribution is -2.44. The number of ether oxygens (including phenoxy) is 2. The number of rotatable bonds is 5. The van der Waals surface area contributed by atoms with Crippen LogP contribution in [0.5, 0.6) is 5.75 Å². The Labute approximate surface area is 117 Å². The van der Waals surface area contributed by atoms with E-state index in [1.165, 1.54) is 0 Å². The number of hydrogen-bond donors (Lipinski definition) is 2. The number of aliphatic hydroxyl groups excluding tert-OH is 1. The van der Waals surface area contributed by atoms with Crippen LogP contribution in [0.3, 0.4) is 0 Å². The van der Waals surface area contributed by atoms with E-state index in [4.69, 9.17) is 5.11 Å². The Morgan fingerprint density at radius 3 is 2.29 bits per heavy atom. The summed E-state index contributed by atoms with van der Waals surface area (Å²) < 4.78 is 43.9. The van der Waals surface area contributed by atoms with Crippen LogP contribution in [-0.2, 0) is 9.53 Å². The number of aliphatic hydroxyl groups is 1. The van der Waals surface area contributed by atoms with Crippen molar-refractivity contribution in [1.82, 2.24) is 5.32 Å². The van der Waals surface area contributed by atoms with Crippen molar-refractivity contribution >= 4 is 11.9 Å². The molecule has 0 aromatic heterocycles. The molecule has 0 saturated carbocycles. The lowest BCUT2D eigenvalue weighted by Gasteiger charge is -2.14. The molecule has 0 spiro atoms. The summed E-state index contributed by atoms with van der Waals surface area (Å²) in [6, 6.07) is 2.82. The van der Waals surface area contributed by atoms with E-state index in [-0.39, 0.29) is 5.56 Å². The molecule has 0 unspecified atom stereocenters. The molecule has 1 atom stereocenters. The van der Waals surface area contributed by atoms with Gasteiger partial charge in [0.05, 0.1) is 13.7 Å². The van der Waals surface area contributed by atoms with E-state index in [1.807, 2.05) is 0 Å². The first-order valence-electron chi connectivity index (χ1n) is 5.62. The Hall–Kier alpha value is -2.29. The molecule has 6 nitrogen and oxygen atoms in total. The fourth-order valence-electron chi connectivity index (χ4n) is 1.37. The monoisotopic (exact) mass is 307 g/mol. The van der Waals surface area contributed by atoms with E-state index in [9.17, 15) is 22.8 Å². The molecule has 21 heavy (non-hydrogen) atoms. The number of nitrogens with one attached hydrogen (secondary N) is 1. The maximum atomic E-state index is 12.0. The molecule has 2 N–H and O–H groups in total. The molecule has 0 radical (unpaired) electrons. The van der Waals surface area contributed by atoms with Gasteiger partial charge in [-0.05, 0) is 24.3 Å². The average Bonchev–Trinajstić information content (AvgIpc) is 2.42. The first-order valence-corrected chi connectivity index (χ1v) is 5.62. The van der Waals surface area contributed by atoms with Crippen LogP contribution in [-0.4, -0.2) is 43.1 Å². The van der Waals surface area contributed by atoms with Crippen molar-refractivity contribution in [3.05, 3.63) is 29.8 Å². The highest BCUT2D eigenvalue weighted by Gasteiger charge is 2.31. The van der Waals surface area contributed by atoms with E-state index in [2.05, 4.69) is 14.8 Å². The molecule has 0 aliphatic rings. The van der Waals surface area contributed by atoms with Crippen LogP contribution in [0.1, 0.15) is 10.4 Å². The molecule has 0 bridgehead atoms. The van der Waals surface area contributed by atoms with Crippen molar-refractivity contribution in [2.24, 2.45) is 0 Å². The summed E-state index contributed by atoms with van der Waals surface area (Å²) >= 11 is 0. The van der Waals surface area contributed by atoms with Crippen LogP contribution in [0, 0.1) is 0 Å². The van der Waals surface area contributed by atoms with E-state index in [0.717, 1.165) is 31.4 Å². The second kappa shape index (κ2) is 6.93. The quantitative estimate of drug-likeness (QED) is 0.788. The van der Waals surface area contributed by atoms with Gasteiger partial charge < -0.3 is 19.9 Å². The molecule has 0 fully saturated rings. The molecule has 9 heteroatoms. The highest BCUT2D eigenvalue weighted by Crippen LogP contribution is 2.22. The van der Waals surface area contributed by atoms with Gasteiger partial charge in [0.25, 0.3) is 5.91 Å². The third-order valence-electron chi connectivity index (χ3n) is 2.32. The van der Waals surface area contributed by atoms with Gasteiger partial charge in [0.1, 0.15) is 5.75 Å². The predicted octanol–water partition coefficient (Wildman–Crippen LogP) is 0.849. The zero-order valence-electron chi connectivity index (χ0n) is 10.8. The Morgan fingerprint density at radius 1 is 1.29 bits per heavy atom. The van der Waals surface area contributed by atoms with Crippen LogP contribution in [0.4, 0.5) is 13.2 Å². The van der Waals surface area contributed by atoms with Crippen LogP contribution >= 0.6 is 0 Å². The Balaban J connectivity index is 2.73. The molecule has 116 valence electrons. The van der Waals surface area contributed by atoms with Gasteiger partial charge in [0.15, 0.2) is 6.04 Å². The number of esters is 1. The molecule has 1 aromatic carbocycles. The van der Waals surface area contributed by atoms with Gasteiger partial charge in [0, 0.05) is 5.56 Å². The van der Waals surface area contributed by atoms with E-state index >= 15 is 0 Å². The number of amides is 1. The third-order valence-corrected chi connectivity index (χ3v) is 2.32. The van der Waals surface area contributed by atoms with Gasteiger partial charge in [-0.3, -0.25) is 4.79 Å². The zero-order valence-corrected chi connectivity index (χ0v) is 10.8. The molecule has 0 aliphatic carbocycles. The minimum atomic E-state index is -4.82. The third kappa shape index (κ3) is 5.30. The molecular weight excluding hydrogens is 295 g/mol. The second-order valence-electron chi connectivity index (χ2n) is 3.80. The first kappa shape index (κ1) is 16.8. The summed E-state index contributed by atoms with van der Waals surface area (Å²) in [7, 11) is 1.08. The predicted molar refractivity (Wildman–Crippen MR) is 63.5 cm³/mol. The fraction of sp³-hybridized carbons (Fsp3) is 0.333. The summed E-state index contributed by atoms with van der Waals surface area (Å²) in [5, 5.41) is 11.1. The Kier molecular flexibility index (Phi) is 5.53. The number of carbonyl (C=O) groups is 2. The zero-order chi connectivity index (χ0) is 16.0. The van der Waals surface area contributed by atoms with Crippen molar-refractivity contribution in [2.75, 3.05) is 13.7 Å². The topological polar surface area (TPSA) is 84.9 Å². The minimum absolute atomic E-state index is 0.00752. The second-order valence-corrected chi connectivity index (χ2v) is 3.80. The molecule has 0 aliphatic heterocycles. The molecule has 1 aromatic rings. The SMILES string of the molecule is COC(=O)[C@@H](CO)NC(=O)c1ccc(OC(F)(F)F)cc1. The Morgan fingerprint density at radius 2 is 1.86 bits per heavy atom. The fourth-order valence-corrected chi connectivity index (χ4v) is 1.37. The smallest absolute Gasteiger partial charge is 0.467 e. The first-order chi connectivity index (χ1) is 9.76. The van der Waals surface area contributed by atoms with Gasteiger partial charge in [0.2, 0.25) is 0 Å². The molecular formula is C12H12F3NO5. The summed E-state index contributed by atoms with van der Waals surface area (Å²) in [6.07, 6.45) is -4.82. The maximum absolute atomic E-state index is 12.0. The number of benzene rings is 1. The number of methoxy groups -OCH3 is 1. The van der Waals surface area contributed by atoms with Crippen LogP contribution in [0.15, 0.2) is 24.3 Å². The highest BCUT2D eigenvalue weighted by atomic mass is 19.4. The lowest BCUT2D eigenvalue weighted by atomic mass is 10.2. The van der Waals surface area contributed by atoms with Gasteiger partial charge in [-0.25, -0.2) is 4.79 Å². The van der Waals surface area contributed by atoms with E-state index in [0.29, 0.717) is 0 Å². The highest BCUT2D eigenvalue weighted by molar-refractivity contribution is 5.96. The molecule has 0 heterocycles. The number of alkyl halides is 3. The van der Waals surface area contributed by atoms with Crippen molar-refractivity contribution in [3.8, 4) is 5.75 Å². The van der Waals surface area contributed by atoms with E-state index in [1.54, 1.807) is 0 Å². The molecule has 1 amide bonds. The van der Waals surface area contributed by atoms with Crippen molar-refractivity contribution < 1.29 is 37.3 Å². The van der Waals surface area contributed by atoms with Crippen molar-refractivity contribution in [2.45, 2.75) is 12.4 Å². The van der Waals surface area contributed by atoms with Gasteiger partial charge in [-0.1, -0.05) is 0 Å². The summed E-state index contributed by atoms with van der Waals surface area (Å²) in [5.41, 5.74) is -0.00752. The Bertz CT molecular complexity index is 501. The summed E-state index contributed by atoms with van der Waals surface area (Å²) in [4.78, 5) is 22.9. The number of halogens is 3. The largest absolute Gasteiger partial charge is 0.573 e. The normalized spacial score (nSPS) is 12.4. The summed E-state index contributed by atoms with van der Waals surface area (Å²) in [5.74, 6) is -2.08. The maximum Gasteiger partial charge on any atom is 0.573 e. The molecule has 0 saturated heterocycles. The van der Waals surface area contributed by atoms with Crippen molar-refractivity contribution in [1.29, 1.82) is 0 Å². The molecule has 1 rings (SSSR count). The number of carbonyl (C=O) groups excluding carboxylic acids is 2. The van der Waals surface area contributed by atoms with Gasteiger partial charge >= 0.3 is 12.3 Å². The van der Waals surface area contributed by atoms with E-state index < -0.39 is 36.6 Å². The van der Waals surface area contributed by atoms with Crippen LogP contribution in [0.2, 0.25) is 0 Å². The lowest BCUT2D eigenvalue weighted by molar-refractivity contribution is -0.274. The van der Waals surface area contributed by atoms with Crippen LogP contribution in [0.25, 0.3) is 0 Å². The minimum Gasteiger partial charge on any atom is -0.467 e. The van der Waals surface area contributed by atoms with Crippen molar-refractivity contribution in [3.63, 3.8) is 0 Å². The van der Waals surface area contributed by atoms with Gasteiger partial charge in [-0.2, -0.15) is 0 Å². The van der Waals surface area contributed by atoms with Gasteiger partial charge in [-0.15, -0.1) is 13.2 Å².